The van der Waals surface area contributed by atoms with Crippen LogP contribution in [-0.2, 0) is 9.59 Å². The third-order valence-electron chi connectivity index (χ3n) is 5.67. The van der Waals surface area contributed by atoms with Crippen LogP contribution < -0.4 is 5.32 Å². The Labute approximate surface area is 131 Å². The van der Waals surface area contributed by atoms with Gasteiger partial charge in [0.2, 0.25) is 5.91 Å². The van der Waals surface area contributed by atoms with Gasteiger partial charge >= 0.3 is 5.97 Å². The Bertz CT molecular complexity index is 621. The molecule has 1 fully saturated rings. The number of aliphatic carboxylic acids is 1. The van der Waals surface area contributed by atoms with Crippen LogP contribution in [0, 0.1) is 30.6 Å². The van der Waals surface area contributed by atoms with Crippen molar-refractivity contribution >= 4 is 17.6 Å². The monoisotopic (exact) mass is 303 g/mol. The second kappa shape index (κ2) is 5.41. The molecule has 22 heavy (non-hydrogen) atoms. The van der Waals surface area contributed by atoms with Gasteiger partial charge in [0.15, 0.2) is 0 Å². The summed E-state index contributed by atoms with van der Waals surface area (Å²) in [6, 6.07) is 5.93. The Kier molecular flexibility index (Phi) is 4.07. The number of carbonyl (C=O) groups excluding carboxylic acids is 1. The van der Waals surface area contributed by atoms with Crippen molar-refractivity contribution in [2.24, 2.45) is 16.7 Å². The first-order valence-electron chi connectivity index (χ1n) is 7.71. The Morgan fingerprint density at radius 1 is 1.23 bits per heavy atom. The maximum absolute atomic E-state index is 12.7. The third kappa shape index (κ3) is 2.51. The van der Waals surface area contributed by atoms with E-state index in [1.807, 2.05) is 45.9 Å². The summed E-state index contributed by atoms with van der Waals surface area (Å²) >= 11 is 0. The first-order chi connectivity index (χ1) is 10.1. The number of amides is 1. The molecule has 0 heterocycles. The molecule has 4 nitrogen and oxygen atoms in total. The van der Waals surface area contributed by atoms with Crippen molar-refractivity contribution in [1.82, 2.24) is 0 Å². The summed E-state index contributed by atoms with van der Waals surface area (Å²) in [5, 5.41) is 12.5. The highest BCUT2D eigenvalue weighted by molar-refractivity contribution is 5.95. The van der Waals surface area contributed by atoms with Gasteiger partial charge in [0.1, 0.15) is 0 Å². The van der Waals surface area contributed by atoms with Crippen molar-refractivity contribution in [2.45, 2.75) is 47.5 Å². The summed E-state index contributed by atoms with van der Waals surface area (Å²) < 4.78 is 0. The molecule has 0 aromatic heterocycles. The second-order valence-corrected chi connectivity index (χ2v) is 7.26. The molecule has 1 aliphatic carbocycles. The average molecular weight is 303 g/mol. The van der Waals surface area contributed by atoms with Gasteiger partial charge in [-0.25, -0.2) is 0 Å². The summed E-state index contributed by atoms with van der Waals surface area (Å²) in [5.41, 5.74) is 1.46. The van der Waals surface area contributed by atoms with Crippen LogP contribution in [0.2, 0.25) is 0 Å². The molecule has 1 aromatic rings. The molecule has 2 atom stereocenters. The number of hydrogen-bond donors (Lipinski definition) is 2. The van der Waals surface area contributed by atoms with Crippen LogP contribution in [0.25, 0.3) is 0 Å². The smallest absolute Gasteiger partial charge is 0.309 e. The van der Waals surface area contributed by atoms with Gasteiger partial charge in [0.05, 0.1) is 5.41 Å². The van der Waals surface area contributed by atoms with Crippen LogP contribution in [-0.4, -0.2) is 17.0 Å². The number of carbonyl (C=O) groups is 2. The van der Waals surface area contributed by atoms with Crippen molar-refractivity contribution in [1.29, 1.82) is 0 Å². The van der Waals surface area contributed by atoms with E-state index in [9.17, 15) is 14.7 Å². The van der Waals surface area contributed by atoms with Gasteiger partial charge in [0.25, 0.3) is 0 Å². The summed E-state index contributed by atoms with van der Waals surface area (Å²) in [5.74, 6) is -1.20. The lowest BCUT2D eigenvalue weighted by Crippen LogP contribution is -2.43. The van der Waals surface area contributed by atoms with E-state index in [0.29, 0.717) is 12.8 Å². The van der Waals surface area contributed by atoms with E-state index in [1.165, 1.54) is 0 Å². The molecule has 1 amide bonds. The number of hydrogen-bond acceptors (Lipinski definition) is 2. The minimum absolute atomic E-state index is 0.0799. The third-order valence-corrected chi connectivity index (χ3v) is 5.67. The van der Waals surface area contributed by atoms with E-state index in [4.69, 9.17) is 0 Å². The van der Waals surface area contributed by atoms with E-state index < -0.39 is 16.8 Å². The zero-order valence-electron chi connectivity index (χ0n) is 14.0. The van der Waals surface area contributed by atoms with Crippen LogP contribution in [0.5, 0.6) is 0 Å². The van der Waals surface area contributed by atoms with E-state index in [-0.39, 0.29) is 11.8 Å². The minimum Gasteiger partial charge on any atom is -0.481 e. The molecule has 1 aliphatic rings. The molecule has 0 unspecified atom stereocenters. The van der Waals surface area contributed by atoms with Gasteiger partial charge in [-0.15, -0.1) is 0 Å². The zero-order valence-corrected chi connectivity index (χ0v) is 14.0. The number of benzene rings is 1. The van der Waals surface area contributed by atoms with Gasteiger partial charge in [-0.2, -0.15) is 0 Å². The number of nitrogens with one attached hydrogen (secondary N) is 1. The molecule has 0 aliphatic heterocycles. The molecule has 2 N–H and O–H groups in total. The molecular weight excluding hydrogens is 278 g/mol. The average Bonchev–Trinajstić information content (AvgIpc) is 2.66. The maximum atomic E-state index is 12.7. The largest absolute Gasteiger partial charge is 0.481 e. The Balaban J connectivity index is 2.24. The molecule has 0 radical (unpaired) electrons. The fourth-order valence-corrected chi connectivity index (χ4v) is 3.43. The summed E-state index contributed by atoms with van der Waals surface area (Å²) in [6.45, 7) is 9.47. The predicted octanol–water partition coefficient (Wildman–Crippen LogP) is 3.77. The van der Waals surface area contributed by atoms with Crippen LogP contribution >= 0.6 is 0 Å². The zero-order chi connectivity index (χ0) is 16.7. The Morgan fingerprint density at radius 2 is 1.86 bits per heavy atom. The molecule has 2 rings (SSSR count). The predicted molar refractivity (Wildman–Crippen MR) is 86.8 cm³/mol. The standard InChI is InChI=1S/C18H25NO3/c1-11-6-7-12(2)14(10-11)19-15(20)13-8-9-18(5,16(21)22)17(13,3)4/h6-7,10,13H,8-9H2,1-5H3,(H,19,20)(H,21,22)/t13-,18-/m1/s1. The number of rotatable bonds is 3. The lowest BCUT2D eigenvalue weighted by Gasteiger charge is -2.37. The SMILES string of the molecule is Cc1ccc(C)c(NC(=O)[C@H]2CC[C@](C)(C(=O)O)C2(C)C)c1. The minimum atomic E-state index is -0.864. The molecule has 1 saturated carbocycles. The molecule has 0 saturated heterocycles. The van der Waals surface area contributed by atoms with E-state index in [2.05, 4.69) is 5.32 Å². The van der Waals surface area contributed by atoms with Crippen molar-refractivity contribution in [3.63, 3.8) is 0 Å². The topological polar surface area (TPSA) is 66.4 Å². The Hall–Kier alpha value is -1.84. The van der Waals surface area contributed by atoms with E-state index in [1.54, 1.807) is 6.92 Å². The van der Waals surface area contributed by atoms with E-state index in [0.717, 1.165) is 16.8 Å². The fourth-order valence-electron chi connectivity index (χ4n) is 3.43. The van der Waals surface area contributed by atoms with Gasteiger partial charge in [0, 0.05) is 11.6 Å². The van der Waals surface area contributed by atoms with Crippen LogP contribution in [0.4, 0.5) is 5.69 Å². The van der Waals surface area contributed by atoms with Crippen LogP contribution in [0.15, 0.2) is 18.2 Å². The van der Waals surface area contributed by atoms with Gasteiger partial charge < -0.3 is 10.4 Å². The Morgan fingerprint density at radius 3 is 2.41 bits per heavy atom. The van der Waals surface area contributed by atoms with Crippen molar-refractivity contribution in [3.05, 3.63) is 29.3 Å². The normalized spacial score (nSPS) is 26.7. The molecule has 0 bridgehead atoms. The number of anilines is 1. The summed E-state index contributed by atoms with van der Waals surface area (Å²) in [6.07, 6.45) is 1.13. The molecule has 120 valence electrons. The van der Waals surface area contributed by atoms with Crippen LogP contribution in [0.3, 0.4) is 0 Å². The fraction of sp³-hybridized carbons (Fsp3) is 0.556. The number of carboxylic acid groups (broad SMARTS) is 1. The molecule has 4 heteroatoms. The van der Waals surface area contributed by atoms with Crippen LogP contribution in [0.1, 0.15) is 44.7 Å². The first kappa shape index (κ1) is 16.5. The molecular formula is C18H25NO3. The lowest BCUT2D eigenvalue weighted by molar-refractivity contribution is -0.154. The summed E-state index contributed by atoms with van der Waals surface area (Å²) in [4.78, 5) is 24.3. The summed E-state index contributed by atoms with van der Waals surface area (Å²) in [7, 11) is 0. The van der Waals surface area contributed by atoms with Gasteiger partial charge in [-0.1, -0.05) is 26.0 Å². The quantitative estimate of drug-likeness (QED) is 0.893. The highest BCUT2D eigenvalue weighted by Crippen LogP contribution is 2.56. The number of aryl methyl sites for hydroxylation is 2. The first-order valence-corrected chi connectivity index (χ1v) is 7.71. The van der Waals surface area contributed by atoms with Crippen molar-refractivity contribution in [3.8, 4) is 0 Å². The maximum Gasteiger partial charge on any atom is 0.309 e. The number of carboxylic acids is 1. The molecule has 1 aromatic carbocycles. The van der Waals surface area contributed by atoms with Gasteiger partial charge in [-0.3, -0.25) is 9.59 Å². The lowest BCUT2D eigenvalue weighted by atomic mass is 9.65. The second-order valence-electron chi connectivity index (χ2n) is 7.26. The van der Waals surface area contributed by atoms with Gasteiger partial charge in [-0.05, 0) is 56.2 Å². The van der Waals surface area contributed by atoms with Crippen molar-refractivity contribution < 1.29 is 14.7 Å². The highest BCUT2D eigenvalue weighted by atomic mass is 16.4. The molecule has 0 spiro atoms. The highest BCUT2D eigenvalue weighted by Gasteiger charge is 2.58. The van der Waals surface area contributed by atoms with Crippen molar-refractivity contribution in [2.75, 3.05) is 5.32 Å². The van der Waals surface area contributed by atoms with E-state index >= 15 is 0 Å².